The van der Waals surface area contributed by atoms with E-state index in [9.17, 15) is 10.1 Å². The molecule has 0 radical (unpaired) electrons. The first-order valence-corrected chi connectivity index (χ1v) is 5.86. The third kappa shape index (κ3) is 2.72. The van der Waals surface area contributed by atoms with Gasteiger partial charge in [0.15, 0.2) is 0 Å². The number of nitrogens with zero attached hydrogens (tertiary/aromatic N) is 2. The second-order valence-corrected chi connectivity index (χ2v) is 4.45. The fraction of sp³-hybridized carbons (Fsp3) is 0.100. The van der Waals surface area contributed by atoms with Crippen LogP contribution in [0.5, 0.6) is 10.9 Å². The van der Waals surface area contributed by atoms with Crippen LogP contribution in [0.15, 0.2) is 23.6 Å². The average Bonchev–Trinajstić information content (AvgIpc) is 2.63. The van der Waals surface area contributed by atoms with E-state index in [4.69, 9.17) is 16.3 Å². The summed E-state index contributed by atoms with van der Waals surface area (Å²) in [5.74, 6) is 0.499. The highest BCUT2D eigenvalue weighted by Crippen LogP contribution is 2.29. The van der Waals surface area contributed by atoms with E-state index in [0.29, 0.717) is 21.7 Å². The highest BCUT2D eigenvalue weighted by molar-refractivity contribution is 7.11. The van der Waals surface area contributed by atoms with Crippen molar-refractivity contribution in [2.45, 2.75) is 6.92 Å². The zero-order valence-electron chi connectivity index (χ0n) is 8.71. The average molecular weight is 271 g/mol. The quantitative estimate of drug-likeness (QED) is 0.628. The van der Waals surface area contributed by atoms with Gasteiger partial charge < -0.3 is 4.74 Å². The van der Waals surface area contributed by atoms with Gasteiger partial charge in [0.1, 0.15) is 10.9 Å². The van der Waals surface area contributed by atoms with E-state index in [0.717, 1.165) is 0 Å². The molecule has 0 aliphatic carbocycles. The van der Waals surface area contributed by atoms with Gasteiger partial charge in [0.25, 0.3) is 10.9 Å². The molecular formula is C10H7ClN2O3S. The monoisotopic (exact) mass is 270 g/mol. The number of rotatable bonds is 3. The molecule has 1 aromatic carbocycles. The minimum Gasteiger partial charge on any atom is -0.431 e. The summed E-state index contributed by atoms with van der Waals surface area (Å²) in [5.41, 5.74) is 0.602. The van der Waals surface area contributed by atoms with Crippen molar-refractivity contribution in [1.29, 1.82) is 0 Å². The summed E-state index contributed by atoms with van der Waals surface area (Å²) in [6, 6.07) is 4.52. The fourth-order valence-corrected chi connectivity index (χ4v) is 2.09. The maximum Gasteiger partial charge on any atom is 0.280 e. The molecule has 0 spiro atoms. The number of halogens is 1. The molecule has 0 aliphatic heterocycles. The molecule has 2 rings (SSSR count). The van der Waals surface area contributed by atoms with Crippen molar-refractivity contribution >= 4 is 28.6 Å². The molecule has 1 heterocycles. The lowest BCUT2D eigenvalue weighted by molar-refractivity contribution is -0.385. The molecule has 88 valence electrons. The van der Waals surface area contributed by atoms with Gasteiger partial charge in [-0.2, -0.15) is 4.98 Å². The summed E-state index contributed by atoms with van der Waals surface area (Å²) < 4.78 is 5.42. The number of thiazole rings is 1. The Morgan fingerprint density at radius 2 is 2.29 bits per heavy atom. The van der Waals surface area contributed by atoms with E-state index in [1.165, 1.54) is 23.5 Å². The molecule has 5 nitrogen and oxygen atoms in total. The Morgan fingerprint density at radius 3 is 2.82 bits per heavy atom. The van der Waals surface area contributed by atoms with Crippen LogP contribution in [0.3, 0.4) is 0 Å². The summed E-state index contributed by atoms with van der Waals surface area (Å²) in [6.45, 7) is 1.65. The zero-order chi connectivity index (χ0) is 12.4. The number of hydrogen-bond donors (Lipinski definition) is 0. The first-order valence-electron chi connectivity index (χ1n) is 4.60. The van der Waals surface area contributed by atoms with Gasteiger partial charge in [-0.15, -0.1) is 0 Å². The molecule has 0 aliphatic rings. The van der Waals surface area contributed by atoms with E-state index in [1.807, 2.05) is 0 Å². The molecule has 2 aromatic rings. The summed E-state index contributed by atoms with van der Waals surface area (Å²) >= 11 is 6.92. The molecule has 0 N–H and O–H groups in total. The zero-order valence-corrected chi connectivity index (χ0v) is 10.3. The van der Waals surface area contributed by atoms with Crippen LogP contribution in [-0.4, -0.2) is 9.91 Å². The summed E-state index contributed by atoms with van der Waals surface area (Å²) in [6.07, 6.45) is 0. The van der Waals surface area contributed by atoms with Gasteiger partial charge in [-0.25, -0.2) is 0 Å². The number of nitro benzene ring substituents is 1. The van der Waals surface area contributed by atoms with Crippen molar-refractivity contribution in [3.63, 3.8) is 0 Å². The third-order valence-electron chi connectivity index (χ3n) is 2.03. The Balaban J connectivity index is 2.23. The topological polar surface area (TPSA) is 65.3 Å². The van der Waals surface area contributed by atoms with E-state index >= 15 is 0 Å². The number of benzene rings is 1. The first-order chi connectivity index (χ1) is 8.06. The van der Waals surface area contributed by atoms with Crippen LogP contribution in [0.4, 0.5) is 5.69 Å². The number of aryl methyl sites for hydroxylation is 1. The number of hydrogen-bond acceptors (Lipinski definition) is 5. The fourth-order valence-electron chi connectivity index (χ4n) is 1.28. The van der Waals surface area contributed by atoms with Gasteiger partial charge in [0.05, 0.1) is 4.92 Å². The van der Waals surface area contributed by atoms with Crippen molar-refractivity contribution in [3.05, 3.63) is 44.4 Å². The lowest BCUT2D eigenvalue weighted by Gasteiger charge is -2.02. The number of aromatic nitrogens is 1. The molecular weight excluding hydrogens is 264 g/mol. The smallest absolute Gasteiger partial charge is 0.280 e. The molecule has 0 bridgehead atoms. The predicted molar refractivity (Wildman–Crippen MR) is 65.0 cm³/mol. The minimum atomic E-state index is -0.431. The normalized spacial score (nSPS) is 10.2. The molecule has 0 saturated heterocycles. The van der Waals surface area contributed by atoms with Crippen LogP contribution in [-0.2, 0) is 0 Å². The molecule has 0 unspecified atom stereocenters. The molecule has 0 fully saturated rings. The SMILES string of the molecule is Cc1cc(Oc2nc(Cl)cs2)ccc1[N+](=O)[O-]. The second kappa shape index (κ2) is 4.68. The van der Waals surface area contributed by atoms with Gasteiger partial charge in [-0.3, -0.25) is 10.1 Å². The van der Waals surface area contributed by atoms with Gasteiger partial charge >= 0.3 is 0 Å². The highest BCUT2D eigenvalue weighted by atomic mass is 35.5. The standard InChI is InChI=1S/C10H7ClN2O3S/c1-6-4-7(2-3-8(6)13(14)15)16-10-12-9(11)5-17-10/h2-5H,1H3. The van der Waals surface area contributed by atoms with E-state index < -0.39 is 4.92 Å². The predicted octanol–water partition coefficient (Wildman–Crippen LogP) is 3.81. The Hall–Kier alpha value is -1.66. The first kappa shape index (κ1) is 11.8. The lowest BCUT2D eigenvalue weighted by atomic mass is 10.2. The van der Waals surface area contributed by atoms with Crippen LogP contribution in [0.1, 0.15) is 5.56 Å². The van der Waals surface area contributed by atoms with Gasteiger partial charge in [0.2, 0.25) is 0 Å². The van der Waals surface area contributed by atoms with Crippen molar-refractivity contribution in [1.82, 2.24) is 4.98 Å². The molecule has 7 heteroatoms. The largest absolute Gasteiger partial charge is 0.431 e. The number of nitro groups is 1. The van der Waals surface area contributed by atoms with Gasteiger partial charge in [0, 0.05) is 17.0 Å². The Kier molecular flexibility index (Phi) is 3.26. The Morgan fingerprint density at radius 1 is 1.53 bits per heavy atom. The molecule has 1 aromatic heterocycles. The van der Waals surface area contributed by atoms with Crippen molar-refractivity contribution in [3.8, 4) is 10.9 Å². The third-order valence-corrected chi connectivity index (χ3v) is 3.07. The molecule has 0 amide bonds. The summed E-state index contributed by atoms with van der Waals surface area (Å²) in [5, 5.41) is 13.0. The van der Waals surface area contributed by atoms with Crippen LogP contribution >= 0.6 is 22.9 Å². The van der Waals surface area contributed by atoms with Crippen LogP contribution in [0, 0.1) is 17.0 Å². The lowest BCUT2D eigenvalue weighted by Crippen LogP contribution is -1.92. The van der Waals surface area contributed by atoms with E-state index in [-0.39, 0.29) is 5.69 Å². The number of ether oxygens (including phenoxy) is 1. The van der Waals surface area contributed by atoms with Crippen LogP contribution < -0.4 is 4.74 Å². The van der Waals surface area contributed by atoms with Gasteiger partial charge in [-0.1, -0.05) is 22.9 Å². The van der Waals surface area contributed by atoms with Crippen LogP contribution in [0.25, 0.3) is 0 Å². The van der Waals surface area contributed by atoms with Gasteiger partial charge in [-0.05, 0) is 19.1 Å². The minimum absolute atomic E-state index is 0.0644. The highest BCUT2D eigenvalue weighted by Gasteiger charge is 2.11. The molecule has 0 atom stereocenters. The maximum atomic E-state index is 10.6. The summed E-state index contributed by atoms with van der Waals surface area (Å²) in [4.78, 5) is 14.1. The molecule has 17 heavy (non-hydrogen) atoms. The van der Waals surface area contributed by atoms with Crippen molar-refractivity contribution in [2.75, 3.05) is 0 Å². The maximum absolute atomic E-state index is 10.6. The second-order valence-electron chi connectivity index (χ2n) is 3.24. The van der Waals surface area contributed by atoms with E-state index in [1.54, 1.807) is 18.4 Å². The van der Waals surface area contributed by atoms with Crippen molar-refractivity contribution in [2.24, 2.45) is 0 Å². The summed E-state index contributed by atoms with van der Waals surface area (Å²) in [7, 11) is 0. The van der Waals surface area contributed by atoms with E-state index in [2.05, 4.69) is 4.98 Å². The van der Waals surface area contributed by atoms with Crippen LogP contribution in [0.2, 0.25) is 5.15 Å². The Bertz CT molecular complexity index is 570. The Labute approximate surface area is 106 Å². The van der Waals surface area contributed by atoms with Crippen molar-refractivity contribution < 1.29 is 9.66 Å². The molecule has 0 saturated carbocycles.